The van der Waals surface area contributed by atoms with E-state index in [0.29, 0.717) is 6.42 Å². The summed E-state index contributed by atoms with van der Waals surface area (Å²) in [6, 6.07) is 3.28. The highest BCUT2D eigenvalue weighted by molar-refractivity contribution is 9.10. The van der Waals surface area contributed by atoms with Gasteiger partial charge in [0.15, 0.2) is 0 Å². The molecule has 2 N–H and O–H groups in total. The van der Waals surface area contributed by atoms with E-state index in [1.165, 1.54) is 6.20 Å². The number of aliphatic carboxylic acids is 1. The van der Waals surface area contributed by atoms with Crippen molar-refractivity contribution >= 4 is 27.8 Å². The van der Waals surface area contributed by atoms with Crippen LogP contribution in [0.3, 0.4) is 0 Å². The van der Waals surface area contributed by atoms with E-state index in [0.717, 1.165) is 4.47 Å². The van der Waals surface area contributed by atoms with Crippen LogP contribution < -0.4 is 5.32 Å². The smallest absolute Gasteiger partial charge is 0.308 e. The molecular formula is C11H13BrN2O3. The predicted molar refractivity (Wildman–Crippen MR) is 65.7 cm³/mol. The molecule has 0 aliphatic rings. The summed E-state index contributed by atoms with van der Waals surface area (Å²) < 4.78 is 0.783. The topological polar surface area (TPSA) is 79.3 Å². The number of aromatic nitrogens is 1. The van der Waals surface area contributed by atoms with Gasteiger partial charge in [0.1, 0.15) is 5.69 Å². The summed E-state index contributed by atoms with van der Waals surface area (Å²) >= 11 is 3.22. The molecule has 0 saturated heterocycles. The van der Waals surface area contributed by atoms with E-state index < -0.39 is 11.9 Å². The second-order valence-corrected chi connectivity index (χ2v) is 4.43. The Labute approximate surface area is 107 Å². The van der Waals surface area contributed by atoms with Gasteiger partial charge >= 0.3 is 5.97 Å². The maximum Gasteiger partial charge on any atom is 0.308 e. The average Bonchev–Trinajstić information content (AvgIpc) is 2.30. The Morgan fingerprint density at radius 1 is 1.53 bits per heavy atom. The average molecular weight is 301 g/mol. The minimum absolute atomic E-state index is 0.114. The Bertz CT molecular complexity index is 406. The van der Waals surface area contributed by atoms with Gasteiger partial charge in [0.25, 0.3) is 5.91 Å². The monoisotopic (exact) mass is 300 g/mol. The Kier molecular flexibility index (Phi) is 5.09. The molecule has 17 heavy (non-hydrogen) atoms. The highest BCUT2D eigenvalue weighted by atomic mass is 79.9. The number of halogens is 1. The van der Waals surface area contributed by atoms with Crippen LogP contribution in [-0.2, 0) is 4.79 Å². The second-order valence-electron chi connectivity index (χ2n) is 3.52. The molecule has 0 fully saturated rings. The first kappa shape index (κ1) is 13.6. The van der Waals surface area contributed by atoms with Gasteiger partial charge < -0.3 is 10.4 Å². The van der Waals surface area contributed by atoms with Crippen LogP contribution in [0.1, 0.15) is 23.8 Å². The molecule has 0 aromatic carbocycles. The third-order valence-corrected chi connectivity index (χ3v) is 2.78. The molecule has 0 aliphatic heterocycles. The number of carboxylic acid groups (broad SMARTS) is 1. The Morgan fingerprint density at radius 3 is 2.71 bits per heavy atom. The first-order valence-electron chi connectivity index (χ1n) is 5.17. The molecule has 0 radical (unpaired) electrons. The standard InChI is InChI=1S/C11H13BrN2O3/c1-2-7(11(16)17)5-14-10(15)9-4-3-8(12)6-13-9/h3-4,6-7H,2,5H2,1H3,(H,14,15)(H,16,17). The molecule has 1 aromatic heterocycles. The molecule has 0 spiro atoms. The molecule has 6 heteroatoms. The lowest BCUT2D eigenvalue weighted by Crippen LogP contribution is -2.33. The van der Waals surface area contributed by atoms with Crippen LogP contribution in [0.25, 0.3) is 0 Å². The van der Waals surface area contributed by atoms with Gasteiger partial charge in [-0.05, 0) is 34.5 Å². The Morgan fingerprint density at radius 2 is 2.24 bits per heavy atom. The maximum absolute atomic E-state index is 11.6. The van der Waals surface area contributed by atoms with Gasteiger partial charge in [-0.25, -0.2) is 4.98 Å². The molecule has 0 aliphatic carbocycles. The van der Waals surface area contributed by atoms with Crippen LogP contribution >= 0.6 is 15.9 Å². The van der Waals surface area contributed by atoms with Crippen molar-refractivity contribution in [2.24, 2.45) is 5.92 Å². The molecule has 1 rings (SSSR count). The van der Waals surface area contributed by atoms with Crippen LogP contribution in [0.5, 0.6) is 0 Å². The van der Waals surface area contributed by atoms with Crippen molar-refractivity contribution in [3.63, 3.8) is 0 Å². The molecule has 1 aromatic rings. The van der Waals surface area contributed by atoms with Gasteiger partial charge in [-0.15, -0.1) is 0 Å². The number of hydrogen-bond donors (Lipinski definition) is 2. The van der Waals surface area contributed by atoms with E-state index in [-0.39, 0.29) is 18.1 Å². The molecule has 1 heterocycles. The lowest BCUT2D eigenvalue weighted by molar-refractivity contribution is -0.141. The zero-order valence-corrected chi connectivity index (χ0v) is 10.9. The number of carbonyl (C=O) groups excluding carboxylic acids is 1. The quantitative estimate of drug-likeness (QED) is 0.867. The molecular weight excluding hydrogens is 288 g/mol. The first-order chi connectivity index (χ1) is 8.04. The molecule has 0 saturated carbocycles. The third-order valence-electron chi connectivity index (χ3n) is 2.31. The second kappa shape index (κ2) is 6.34. The Hall–Kier alpha value is -1.43. The molecule has 1 atom stereocenters. The van der Waals surface area contributed by atoms with Crippen LogP contribution in [0.4, 0.5) is 0 Å². The molecule has 1 unspecified atom stereocenters. The summed E-state index contributed by atoms with van der Waals surface area (Å²) in [5.41, 5.74) is 0.272. The zero-order valence-electron chi connectivity index (χ0n) is 9.31. The van der Waals surface area contributed by atoms with Crippen LogP contribution in [0.2, 0.25) is 0 Å². The summed E-state index contributed by atoms with van der Waals surface area (Å²) in [4.78, 5) is 26.3. The van der Waals surface area contributed by atoms with Gasteiger partial charge in [0.2, 0.25) is 0 Å². The number of rotatable bonds is 5. The van der Waals surface area contributed by atoms with E-state index in [1.54, 1.807) is 19.1 Å². The molecule has 92 valence electrons. The SMILES string of the molecule is CCC(CNC(=O)c1ccc(Br)cn1)C(=O)O. The van der Waals surface area contributed by atoms with E-state index in [4.69, 9.17) is 5.11 Å². The summed E-state index contributed by atoms with van der Waals surface area (Å²) in [5, 5.41) is 11.4. The fraction of sp³-hybridized carbons (Fsp3) is 0.364. The van der Waals surface area contributed by atoms with E-state index in [1.807, 2.05) is 0 Å². The fourth-order valence-corrected chi connectivity index (χ4v) is 1.46. The van der Waals surface area contributed by atoms with Crippen molar-refractivity contribution in [3.05, 3.63) is 28.5 Å². The molecule has 5 nitrogen and oxygen atoms in total. The van der Waals surface area contributed by atoms with Crippen molar-refractivity contribution < 1.29 is 14.7 Å². The third kappa shape index (κ3) is 4.14. The molecule has 0 bridgehead atoms. The lowest BCUT2D eigenvalue weighted by Gasteiger charge is -2.10. The minimum Gasteiger partial charge on any atom is -0.481 e. The van der Waals surface area contributed by atoms with Gasteiger partial charge in [0, 0.05) is 17.2 Å². The van der Waals surface area contributed by atoms with Gasteiger partial charge in [-0.1, -0.05) is 6.92 Å². The fourth-order valence-electron chi connectivity index (χ4n) is 1.22. The number of carboxylic acids is 1. The highest BCUT2D eigenvalue weighted by Crippen LogP contribution is 2.07. The normalized spacial score (nSPS) is 11.9. The van der Waals surface area contributed by atoms with Crippen molar-refractivity contribution in [1.29, 1.82) is 0 Å². The van der Waals surface area contributed by atoms with Gasteiger partial charge in [-0.3, -0.25) is 9.59 Å². The summed E-state index contributed by atoms with van der Waals surface area (Å²) in [5.74, 6) is -1.83. The van der Waals surface area contributed by atoms with Crippen molar-refractivity contribution in [2.75, 3.05) is 6.54 Å². The van der Waals surface area contributed by atoms with Gasteiger partial charge in [-0.2, -0.15) is 0 Å². The number of nitrogens with zero attached hydrogens (tertiary/aromatic N) is 1. The van der Waals surface area contributed by atoms with Gasteiger partial charge in [0.05, 0.1) is 5.92 Å². The Balaban J connectivity index is 2.55. The van der Waals surface area contributed by atoms with Crippen LogP contribution in [-0.4, -0.2) is 28.5 Å². The highest BCUT2D eigenvalue weighted by Gasteiger charge is 2.16. The maximum atomic E-state index is 11.6. The lowest BCUT2D eigenvalue weighted by atomic mass is 10.1. The predicted octanol–water partition coefficient (Wildman–Crippen LogP) is 1.68. The zero-order chi connectivity index (χ0) is 12.8. The van der Waals surface area contributed by atoms with Crippen LogP contribution in [0.15, 0.2) is 22.8 Å². The summed E-state index contributed by atoms with van der Waals surface area (Å²) in [7, 11) is 0. The summed E-state index contributed by atoms with van der Waals surface area (Å²) in [6.45, 7) is 1.88. The van der Waals surface area contributed by atoms with Crippen LogP contribution in [0, 0.1) is 5.92 Å². The first-order valence-corrected chi connectivity index (χ1v) is 5.96. The summed E-state index contributed by atoms with van der Waals surface area (Å²) in [6.07, 6.45) is 1.99. The number of carbonyl (C=O) groups is 2. The van der Waals surface area contributed by atoms with Crippen molar-refractivity contribution in [2.45, 2.75) is 13.3 Å². The van der Waals surface area contributed by atoms with E-state index >= 15 is 0 Å². The van der Waals surface area contributed by atoms with Crippen molar-refractivity contribution in [1.82, 2.24) is 10.3 Å². The number of pyridine rings is 1. The molecule has 1 amide bonds. The van der Waals surface area contributed by atoms with E-state index in [2.05, 4.69) is 26.2 Å². The van der Waals surface area contributed by atoms with Crippen molar-refractivity contribution in [3.8, 4) is 0 Å². The number of hydrogen-bond acceptors (Lipinski definition) is 3. The number of nitrogens with one attached hydrogen (secondary N) is 1. The van der Waals surface area contributed by atoms with E-state index in [9.17, 15) is 9.59 Å². The largest absolute Gasteiger partial charge is 0.481 e. The number of amides is 1. The minimum atomic E-state index is -0.906.